The number of rotatable bonds is 2. The summed E-state index contributed by atoms with van der Waals surface area (Å²) in [4.78, 5) is 26.4. The van der Waals surface area contributed by atoms with Crippen molar-refractivity contribution in [1.82, 2.24) is 0 Å². The summed E-state index contributed by atoms with van der Waals surface area (Å²) in [6.07, 6.45) is 0.856. The van der Waals surface area contributed by atoms with Gasteiger partial charge in [-0.05, 0) is 72.1 Å². The number of hydrogen-bond donors (Lipinski definition) is 2. The molecule has 2 N–H and O–H groups in total. The second-order valence-corrected chi connectivity index (χ2v) is 7.54. The molecule has 1 unspecified atom stereocenters. The number of nitrogens with zero attached hydrogens (tertiary/aromatic N) is 1. The zero-order valence-electron chi connectivity index (χ0n) is 15.1. The maximum Gasteiger partial charge on any atom is 0.258 e. The Labute approximate surface area is 161 Å². The second-order valence-electron chi connectivity index (χ2n) is 6.69. The zero-order valence-corrected chi connectivity index (χ0v) is 16.7. The molecule has 3 rings (SSSR count). The molecule has 2 amide bonds. The number of benzene rings is 2. The van der Waals surface area contributed by atoms with E-state index in [1.165, 1.54) is 6.92 Å². The SMILES string of the molecule is CC(=O)Nc1cc(C(=O)N2CCC(C)Nc3cc(C)ccc32)ccc1Br. The molecule has 0 fully saturated rings. The quantitative estimate of drug-likeness (QED) is 0.754. The van der Waals surface area contributed by atoms with Gasteiger partial charge >= 0.3 is 0 Å². The Morgan fingerprint density at radius 1 is 1.23 bits per heavy atom. The Hall–Kier alpha value is -2.34. The van der Waals surface area contributed by atoms with Crippen LogP contribution in [0, 0.1) is 6.92 Å². The van der Waals surface area contributed by atoms with E-state index < -0.39 is 0 Å². The molecule has 1 aliphatic heterocycles. The Bertz CT molecular complexity index is 866. The second kappa shape index (κ2) is 7.50. The molecule has 0 radical (unpaired) electrons. The molecule has 0 spiro atoms. The number of hydrogen-bond acceptors (Lipinski definition) is 3. The number of nitrogens with one attached hydrogen (secondary N) is 2. The number of fused-ring (bicyclic) bond motifs is 1. The molecule has 1 heterocycles. The smallest absolute Gasteiger partial charge is 0.258 e. The first kappa shape index (κ1) is 18.5. The highest BCUT2D eigenvalue weighted by Gasteiger charge is 2.25. The van der Waals surface area contributed by atoms with Crippen LogP contribution in [-0.4, -0.2) is 24.4 Å². The number of halogens is 1. The first-order chi connectivity index (χ1) is 12.3. The molecule has 26 heavy (non-hydrogen) atoms. The molecule has 0 aromatic heterocycles. The fraction of sp³-hybridized carbons (Fsp3) is 0.300. The molecule has 1 atom stereocenters. The van der Waals surface area contributed by atoms with Crippen molar-refractivity contribution >= 4 is 44.8 Å². The molecule has 2 aromatic rings. The highest BCUT2D eigenvalue weighted by atomic mass is 79.9. The molecule has 136 valence electrons. The molecule has 0 saturated heterocycles. The van der Waals surface area contributed by atoms with Crippen LogP contribution in [0.25, 0.3) is 0 Å². The lowest BCUT2D eigenvalue weighted by atomic mass is 10.1. The van der Waals surface area contributed by atoms with E-state index in [4.69, 9.17) is 0 Å². The van der Waals surface area contributed by atoms with Gasteiger partial charge in [-0.25, -0.2) is 0 Å². The van der Waals surface area contributed by atoms with Crippen LogP contribution in [-0.2, 0) is 4.79 Å². The maximum absolute atomic E-state index is 13.2. The van der Waals surface area contributed by atoms with Crippen LogP contribution in [0.15, 0.2) is 40.9 Å². The van der Waals surface area contributed by atoms with Crippen LogP contribution in [0.5, 0.6) is 0 Å². The van der Waals surface area contributed by atoms with Crippen LogP contribution in [0.1, 0.15) is 36.2 Å². The Morgan fingerprint density at radius 3 is 2.73 bits per heavy atom. The van der Waals surface area contributed by atoms with E-state index in [1.807, 2.05) is 24.0 Å². The summed E-state index contributed by atoms with van der Waals surface area (Å²) in [5.41, 5.74) is 4.14. The van der Waals surface area contributed by atoms with Gasteiger partial charge in [0.15, 0.2) is 0 Å². The van der Waals surface area contributed by atoms with Gasteiger partial charge < -0.3 is 15.5 Å². The molecular weight excluding hydrogens is 394 g/mol. The standard InChI is InChI=1S/C20H22BrN3O2/c1-12-4-7-19-18(10-12)22-13(2)8-9-24(19)20(26)15-5-6-16(21)17(11-15)23-14(3)25/h4-7,10-11,13,22H,8-9H2,1-3H3,(H,23,25). The van der Waals surface area contributed by atoms with E-state index in [0.29, 0.717) is 17.8 Å². The minimum Gasteiger partial charge on any atom is -0.381 e. The van der Waals surface area contributed by atoms with Gasteiger partial charge in [-0.15, -0.1) is 0 Å². The summed E-state index contributed by atoms with van der Waals surface area (Å²) in [6, 6.07) is 11.6. The Balaban J connectivity index is 1.98. The van der Waals surface area contributed by atoms with Crippen molar-refractivity contribution in [2.24, 2.45) is 0 Å². The van der Waals surface area contributed by atoms with E-state index in [-0.39, 0.29) is 17.9 Å². The van der Waals surface area contributed by atoms with Crippen molar-refractivity contribution in [3.8, 4) is 0 Å². The van der Waals surface area contributed by atoms with Gasteiger partial charge in [0.2, 0.25) is 5.91 Å². The van der Waals surface area contributed by atoms with Gasteiger partial charge in [0.1, 0.15) is 0 Å². The van der Waals surface area contributed by atoms with Crippen molar-refractivity contribution in [2.45, 2.75) is 33.2 Å². The number of aryl methyl sites for hydroxylation is 1. The average Bonchev–Trinajstić information content (AvgIpc) is 2.73. The minimum atomic E-state index is -0.177. The lowest BCUT2D eigenvalue weighted by Gasteiger charge is -2.23. The van der Waals surface area contributed by atoms with Crippen LogP contribution < -0.4 is 15.5 Å². The minimum absolute atomic E-state index is 0.0786. The van der Waals surface area contributed by atoms with Crippen molar-refractivity contribution in [2.75, 3.05) is 22.1 Å². The molecule has 5 nitrogen and oxygen atoms in total. The molecular formula is C20H22BrN3O2. The predicted octanol–water partition coefficient (Wildman–Crippen LogP) is 4.57. The van der Waals surface area contributed by atoms with Gasteiger partial charge in [0.05, 0.1) is 17.1 Å². The predicted molar refractivity (Wildman–Crippen MR) is 109 cm³/mol. The molecule has 1 aliphatic rings. The summed E-state index contributed by atoms with van der Waals surface area (Å²) < 4.78 is 0.742. The monoisotopic (exact) mass is 415 g/mol. The lowest BCUT2D eigenvalue weighted by molar-refractivity contribution is -0.114. The van der Waals surface area contributed by atoms with Crippen LogP contribution in [0.4, 0.5) is 17.1 Å². The first-order valence-corrected chi connectivity index (χ1v) is 9.40. The first-order valence-electron chi connectivity index (χ1n) is 8.61. The number of amides is 2. The Kier molecular flexibility index (Phi) is 5.32. The third-order valence-corrected chi connectivity index (χ3v) is 5.09. The van der Waals surface area contributed by atoms with E-state index in [9.17, 15) is 9.59 Å². The van der Waals surface area contributed by atoms with Crippen molar-refractivity contribution < 1.29 is 9.59 Å². The van der Waals surface area contributed by atoms with Gasteiger partial charge in [-0.3, -0.25) is 9.59 Å². The highest BCUT2D eigenvalue weighted by Crippen LogP contribution is 2.33. The summed E-state index contributed by atoms with van der Waals surface area (Å²) in [5, 5.41) is 6.24. The van der Waals surface area contributed by atoms with Gasteiger partial charge in [0, 0.05) is 29.5 Å². The van der Waals surface area contributed by atoms with Crippen LogP contribution in [0.3, 0.4) is 0 Å². The van der Waals surface area contributed by atoms with Crippen LogP contribution in [0.2, 0.25) is 0 Å². The van der Waals surface area contributed by atoms with Crippen LogP contribution >= 0.6 is 15.9 Å². The van der Waals surface area contributed by atoms with E-state index in [2.05, 4.69) is 39.6 Å². The molecule has 2 aromatic carbocycles. The summed E-state index contributed by atoms with van der Waals surface area (Å²) in [6.45, 7) is 6.24. The zero-order chi connectivity index (χ0) is 18.8. The van der Waals surface area contributed by atoms with Gasteiger partial charge in [-0.2, -0.15) is 0 Å². The van der Waals surface area contributed by atoms with E-state index >= 15 is 0 Å². The van der Waals surface area contributed by atoms with E-state index in [0.717, 1.165) is 27.8 Å². The topological polar surface area (TPSA) is 61.4 Å². The number of carbonyl (C=O) groups is 2. The summed E-state index contributed by atoms with van der Waals surface area (Å²) >= 11 is 3.41. The fourth-order valence-electron chi connectivity index (χ4n) is 3.09. The number of carbonyl (C=O) groups excluding carboxylic acids is 2. The Morgan fingerprint density at radius 2 is 2.00 bits per heavy atom. The van der Waals surface area contributed by atoms with E-state index in [1.54, 1.807) is 18.2 Å². The molecule has 6 heteroatoms. The van der Waals surface area contributed by atoms with Gasteiger partial charge in [0.25, 0.3) is 5.91 Å². The molecule has 0 bridgehead atoms. The normalized spacial score (nSPS) is 16.3. The third kappa shape index (κ3) is 3.90. The highest BCUT2D eigenvalue weighted by molar-refractivity contribution is 9.10. The summed E-state index contributed by atoms with van der Waals surface area (Å²) in [5.74, 6) is -0.256. The van der Waals surface area contributed by atoms with Crippen molar-refractivity contribution in [1.29, 1.82) is 0 Å². The maximum atomic E-state index is 13.2. The van der Waals surface area contributed by atoms with Gasteiger partial charge in [-0.1, -0.05) is 6.07 Å². The third-order valence-electron chi connectivity index (χ3n) is 4.40. The molecule has 0 aliphatic carbocycles. The molecule has 0 saturated carbocycles. The fourth-order valence-corrected chi connectivity index (χ4v) is 3.44. The summed E-state index contributed by atoms with van der Waals surface area (Å²) in [7, 11) is 0. The van der Waals surface area contributed by atoms with Crippen molar-refractivity contribution in [3.63, 3.8) is 0 Å². The largest absolute Gasteiger partial charge is 0.381 e. The average molecular weight is 416 g/mol. The lowest BCUT2D eigenvalue weighted by Crippen LogP contribution is -2.32. The number of anilines is 3. The van der Waals surface area contributed by atoms with Crippen molar-refractivity contribution in [3.05, 3.63) is 52.0 Å².